The third kappa shape index (κ3) is 4.99. The summed E-state index contributed by atoms with van der Waals surface area (Å²) < 4.78 is 0. The minimum atomic E-state index is -0.563. The highest BCUT2D eigenvalue weighted by molar-refractivity contribution is 6.04. The summed E-state index contributed by atoms with van der Waals surface area (Å²) in [5, 5.41) is 1.14. The summed E-state index contributed by atoms with van der Waals surface area (Å²) >= 11 is 0. The van der Waals surface area contributed by atoms with Crippen LogP contribution in [0.15, 0.2) is 194 Å². The molecule has 0 radical (unpaired) electrons. The van der Waals surface area contributed by atoms with E-state index in [0.29, 0.717) is 17.5 Å². The maximum Gasteiger partial charge on any atom is 0.164 e. The zero-order valence-corrected chi connectivity index (χ0v) is 28.8. The van der Waals surface area contributed by atoms with E-state index in [9.17, 15) is 0 Å². The standard InChI is InChI=1S/C49H32N4/c1-5-18-33(19-6-1)46-51-47(34-20-7-2-8-21-34)53-48(52-46)36-23-17-22-35(32-36)45-43-39-28-13-15-30-41(39)49(37-24-9-3-10-25-37,38-26-11-4-12-27-38)44(43)40-29-14-16-31-42(40)50-45/h1-32H. The molecule has 0 bridgehead atoms. The van der Waals surface area contributed by atoms with Crippen LogP contribution in [0.3, 0.4) is 0 Å². The van der Waals surface area contributed by atoms with Crippen LogP contribution in [0.4, 0.5) is 0 Å². The fourth-order valence-corrected chi connectivity index (χ4v) is 8.12. The Morgan fingerprint density at radius 2 is 0.830 bits per heavy atom. The highest BCUT2D eigenvalue weighted by Gasteiger charge is 2.48. The molecule has 0 amide bonds. The molecule has 9 aromatic rings. The van der Waals surface area contributed by atoms with Crippen LogP contribution >= 0.6 is 0 Å². The van der Waals surface area contributed by atoms with Crippen molar-refractivity contribution in [3.05, 3.63) is 216 Å². The van der Waals surface area contributed by atoms with E-state index < -0.39 is 5.41 Å². The normalized spacial score (nSPS) is 12.7. The third-order valence-corrected chi connectivity index (χ3v) is 10.4. The molecule has 10 rings (SSSR count). The van der Waals surface area contributed by atoms with Gasteiger partial charge < -0.3 is 0 Å². The van der Waals surface area contributed by atoms with Gasteiger partial charge in [-0.1, -0.05) is 182 Å². The first-order valence-corrected chi connectivity index (χ1v) is 17.9. The van der Waals surface area contributed by atoms with Crippen molar-refractivity contribution in [3.8, 4) is 56.5 Å². The van der Waals surface area contributed by atoms with Crippen molar-refractivity contribution < 1.29 is 0 Å². The maximum absolute atomic E-state index is 5.48. The van der Waals surface area contributed by atoms with E-state index in [1.54, 1.807) is 0 Å². The molecule has 2 heterocycles. The lowest BCUT2D eigenvalue weighted by Gasteiger charge is -2.34. The van der Waals surface area contributed by atoms with Gasteiger partial charge in [-0.25, -0.2) is 19.9 Å². The second kappa shape index (κ2) is 12.6. The highest BCUT2D eigenvalue weighted by atomic mass is 15.0. The molecule has 0 unspecified atom stereocenters. The summed E-state index contributed by atoms with van der Waals surface area (Å²) in [7, 11) is 0. The summed E-state index contributed by atoms with van der Waals surface area (Å²) in [5.74, 6) is 1.88. The topological polar surface area (TPSA) is 51.6 Å². The van der Waals surface area contributed by atoms with Gasteiger partial charge in [-0.2, -0.15) is 0 Å². The van der Waals surface area contributed by atoms with Crippen molar-refractivity contribution in [2.24, 2.45) is 0 Å². The molecule has 4 heteroatoms. The number of para-hydroxylation sites is 1. The van der Waals surface area contributed by atoms with Gasteiger partial charge in [0.1, 0.15) is 0 Å². The zero-order chi connectivity index (χ0) is 35.2. The van der Waals surface area contributed by atoms with Gasteiger partial charge in [0, 0.05) is 33.2 Å². The van der Waals surface area contributed by atoms with E-state index in [-0.39, 0.29) is 0 Å². The molecule has 0 spiro atoms. The zero-order valence-electron chi connectivity index (χ0n) is 28.8. The Morgan fingerprint density at radius 1 is 0.358 bits per heavy atom. The molecule has 1 aliphatic carbocycles. The summed E-state index contributed by atoms with van der Waals surface area (Å²) in [6.45, 7) is 0. The average Bonchev–Trinajstić information content (AvgIpc) is 3.57. The van der Waals surface area contributed by atoms with Gasteiger partial charge in [-0.05, 0) is 39.9 Å². The summed E-state index contributed by atoms with van der Waals surface area (Å²) in [4.78, 5) is 20.5. The predicted molar refractivity (Wildman–Crippen MR) is 214 cm³/mol. The van der Waals surface area contributed by atoms with Crippen molar-refractivity contribution in [1.29, 1.82) is 0 Å². The molecule has 0 aliphatic heterocycles. The molecule has 0 atom stereocenters. The SMILES string of the molecule is c1ccc(-c2nc(-c3ccccc3)nc(-c3cccc(-c4nc5ccccc5c5c4-c4ccccc4C5(c4ccccc4)c4ccccc4)c3)n2)cc1. The van der Waals surface area contributed by atoms with E-state index >= 15 is 0 Å². The average molecular weight is 677 g/mol. The second-order valence-electron chi connectivity index (χ2n) is 13.4. The Kier molecular flexibility index (Phi) is 7.33. The Hall–Kier alpha value is -7.04. The smallest absolute Gasteiger partial charge is 0.164 e. The Morgan fingerprint density at radius 3 is 1.45 bits per heavy atom. The van der Waals surface area contributed by atoms with Gasteiger partial charge in [-0.15, -0.1) is 0 Å². The number of aromatic nitrogens is 4. The fourth-order valence-electron chi connectivity index (χ4n) is 8.12. The lowest BCUT2D eigenvalue weighted by atomic mass is 9.67. The quantitative estimate of drug-likeness (QED) is 0.176. The van der Waals surface area contributed by atoms with Gasteiger partial charge in [0.05, 0.1) is 16.6 Å². The number of hydrogen-bond donors (Lipinski definition) is 0. The maximum atomic E-state index is 5.48. The van der Waals surface area contributed by atoms with E-state index in [2.05, 4.69) is 133 Å². The molecule has 7 aromatic carbocycles. The lowest BCUT2D eigenvalue weighted by molar-refractivity contribution is 0.775. The van der Waals surface area contributed by atoms with E-state index in [1.807, 2.05) is 60.7 Å². The minimum absolute atomic E-state index is 0.563. The number of benzene rings is 7. The van der Waals surface area contributed by atoms with Crippen molar-refractivity contribution in [1.82, 2.24) is 19.9 Å². The number of hydrogen-bond acceptors (Lipinski definition) is 4. The van der Waals surface area contributed by atoms with Gasteiger partial charge in [0.15, 0.2) is 17.5 Å². The summed E-state index contributed by atoms with van der Waals surface area (Å²) in [6, 6.07) is 68.0. The van der Waals surface area contributed by atoms with Crippen LogP contribution in [0.25, 0.3) is 67.5 Å². The van der Waals surface area contributed by atoms with Crippen LogP contribution in [-0.2, 0) is 5.41 Å². The highest BCUT2D eigenvalue weighted by Crippen LogP contribution is 2.59. The van der Waals surface area contributed by atoms with Gasteiger partial charge >= 0.3 is 0 Å². The lowest BCUT2D eigenvalue weighted by Crippen LogP contribution is -2.29. The third-order valence-electron chi connectivity index (χ3n) is 10.4. The van der Waals surface area contributed by atoms with Crippen molar-refractivity contribution >= 4 is 10.9 Å². The number of rotatable bonds is 6. The first-order valence-electron chi connectivity index (χ1n) is 17.9. The van der Waals surface area contributed by atoms with E-state index in [4.69, 9.17) is 19.9 Å². The van der Waals surface area contributed by atoms with Crippen molar-refractivity contribution in [2.45, 2.75) is 5.41 Å². The molecular formula is C49H32N4. The number of nitrogens with zero attached hydrogens (tertiary/aromatic N) is 4. The Labute approximate surface area is 308 Å². The molecule has 248 valence electrons. The van der Waals surface area contributed by atoms with Crippen LogP contribution in [0, 0.1) is 0 Å². The van der Waals surface area contributed by atoms with E-state index in [1.165, 1.54) is 27.8 Å². The molecule has 0 saturated heterocycles. The monoisotopic (exact) mass is 676 g/mol. The van der Waals surface area contributed by atoms with Crippen LogP contribution < -0.4 is 0 Å². The van der Waals surface area contributed by atoms with Crippen molar-refractivity contribution in [3.63, 3.8) is 0 Å². The Bertz CT molecular complexity index is 2670. The van der Waals surface area contributed by atoms with Crippen LogP contribution in [0.5, 0.6) is 0 Å². The van der Waals surface area contributed by atoms with Crippen LogP contribution in [0.2, 0.25) is 0 Å². The van der Waals surface area contributed by atoms with E-state index in [0.717, 1.165) is 44.4 Å². The summed E-state index contributed by atoms with van der Waals surface area (Å²) in [5.41, 5.74) is 12.4. The predicted octanol–water partition coefficient (Wildman–Crippen LogP) is 11.5. The van der Waals surface area contributed by atoms with Gasteiger partial charge in [-0.3, -0.25) is 0 Å². The first kappa shape index (κ1) is 30.8. The fraction of sp³-hybridized carbons (Fsp3) is 0.0204. The molecule has 53 heavy (non-hydrogen) atoms. The molecular weight excluding hydrogens is 645 g/mol. The van der Waals surface area contributed by atoms with Crippen LogP contribution in [0.1, 0.15) is 22.3 Å². The molecule has 0 N–H and O–H groups in total. The largest absolute Gasteiger partial charge is 0.247 e. The van der Waals surface area contributed by atoms with Gasteiger partial charge in [0.2, 0.25) is 0 Å². The minimum Gasteiger partial charge on any atom is -0.247 e. The molecule has 0 saturated carbocycles. The number of pyridine rings is 1. The first-order chi connectivity index (χ1) is 26.3. The molecule has 4 nitrogen and oxygen atoms in total. The number of fused-ring (bicyclic) bond motifs is 5. The van der Waals surface area contributed by atoms with Crippen molar-refractivity contribution in [2.75, 3.05) is 0 Å². The van der Waals surface area contributed by atoms with Gasteiger partial charge in [0.25, 0.3) is 0 Å². The summed E-state index contributed by atoms with van der Waals surface area (Å²) in [6.07, 6.45) is 0. The van der Waals surface area contributed by atoms with Crippen LogP contribution in [-0.4, -0.2) is 19.9 Å². The Balaban J connectivity index is 1.25. The molecule has 0 fully saturated rings. The molecule has 2 aromatic heterocycles. The molecule has 1 aliphatic rings. The second-order valence-corrected chi connectivity index (χ2v) is 13.4.